The van der Waals surface area contributed by atoms with Crippen LogP contribution in [0.1, 0.15) is 448 Å². The maximum Gasteiger partial charge on any atom is 0.329 e. The molecule has 0 aliphatic carbocycles. The van der Waals surface area contributed by atoms with Crippen LogP contribution in [0.5, 0.6) is 34.5 Å². The highest BCUT2D eigenvalue weighted by molar-refractivity contribution is 8.76. The molecule has 0 fully saturated rings. The molecule has 2 N–H and O–H groups in total. The molecule has 0 aliphatic heterocycles. The Morgan fingerprint density at radius 1 is 0.255 bits per heavy atom. The summed E-state index contributed by atoms with van der Waals surface area (Å²) in [5.74, 6) is 0.821. The summed E-state index contributed by atoms with van der Waals surface area (Å²) in [6, 6.07) is 4.78. The molecule has 0 saturated carbocycles. The molecule has 0 bridgehead atoms. The first-order chi connectivity index (χ1) is 54.1. The molecule has 2 aromatic carbocycles. The first-order valence-electron chi connectivity index (χ1n) is 46.3. The molecular formula is C94H168N2O12S2. The first kappa shape index (κ1) is 102. The largest absolute Gasteiger partial charge is 0.490 e. The predicted octanol–water partition coefficient (Wildman–Crippen LogP) is 28.1. The molecule has 110 heavy (non-hydrogen) atoms. The summed E-state index contributed by atoms with van der Waals surface area (Å²) in [6.07, 6.45) is 72.4. The van der Waals surface area contributed by atoms with Gasteiger partial charge in [0.05, 0.1) is 53.9 Å². The number of esters is 2. The van der Waals surface area contributed by atoms with E-state index < -0.39 is 35.8 Å². The fourth-order valence-electron chi connectivity index (χ4n) is 14.1. The van der Waals surface area contributed by atoms with Crippen LogP contribution in [0.25, 0.3) is 0 Å². The molecule has 0 radical (unpaired) electrons. The molecule has 0 aromatic heterocycles. The molecule has 0 spiro atoms. The second-order valence-electron chi connectivity index (χ2n) is 31.5. The third kappa shape index (κ3) is 55.3. The van der Waals surface area contributed by atoms with Crippen molar-refractivity contribution in [3.63, 3.8) is 0 Å². The first-order valence-corrected chi connectivity index (χ1v) is 48.8. The number of hydrogen-bond donors (Lipinski definition) is 2. The summed E-state index contributed by atoms with van der Waals surface area (Å²) in [7, 11) is 5.18. The van der Waals surface area contributed by atoms with Crippen LogP contribution in [-0.2, 0) is 19.1 Å². The Hall–Kier alpha value is -4.18. The van der Waals surface area contributed by atoms with Crippen LogP contribution < -0.4 is 39.1 Å². The molecule has 2 rings (SSSR count). The van der Waals surface area contributed by atoms with Crippen molar-refractivity contribution in [3.05, 3.63) is 35.4 Å². The van der Waals surface area contributed by atoms with Crippen LogP contribution >= 0.6 is 21.6 Å². The van der Waals surface area contributed by atoms with Crippen molar-refractivity contribution >= 4 is 45.3 Å². The maximum atomic E-state index is 14.7. The van der Waals surface area contributed by atoms with Crippen molar-refractivity contribution in [2.24, 2.45) is 0 Å². The maximum absolute atomic E-state index is 14.7. The van der Waals surface area contributed by atoms with E-state index >= 15 is 0 Å². The van der Waals surface area contributed by atoms with Crippen LogP contribution in [-0.4, -0.2) is 101 Å². The SMILES string of the molecule is CCCCCCCCCCCCOc1cc(C(=O)NC(CSSCC(NC(=O)c2cc(OCCCCCCCCCCCC)c(OCCCCCCCCCCCC)c(OCCCCCCCCCCCC)c2)C(=O)OC)C(=O)OC)cc(OCCCCCCCCCCCC)c1OCCCCCCCCCCCC. The van der Waals surface area contributed by atoms with E-state index in [0.29, 0.717) is 74.1 Å². The van der Waals surface area contributed by atoms with E-state index in [1.807, 2.05) is 0 Å². The Kier molecular flexibility index (Phi) is 70.5. The van der Waals surface area contributed by atoms with E-state index in [1.54, 1.807) is 24.3 Å². The Labute approximate surface area is 683 Å². The van der Waals surface area contributed by atoms with Gasteiger partial charge in [-0.2, -0.15) is 0 Å². The smallest absolute Gasteiger partial charge is 0.329 e. The number of hydrogen-bond acceptors (Lipinski definition) is 14. The average molecular weight is 1580 g/mol. The zero-order chi connectivity index (χ0) is 79.5. The number of carbonyl (C=O) groups is 4. The van der Waals surface area contributed by atoms with Gasteiger partial charge in [-0.15, -0.1) is 0 Å². The summed E-state index contributed by atoms with van der Waals surface area (Å²) in [5.41, 5.74) is 0.557. The number of amides is 2. The minimum absolute atomic E-state index is 0.0925. The number of nitrogens with one attached hydrogen (secondary N) is 2. The number of methoxy groups -OCH3 is 2. The topological polar surface area (TPSA) is 166 Å². The summed E-state index contributed by atoms with van der Waals surface area (Å²) in [6.45, 7) is 16.4. The Balaban J connectivity index is 2.45. The normalized spacial score (nSPS) is 11.9. The quantitative estimate of drug-likeness (QED) is 0.0365. The lowest BCUT2D eigenvalue weighted by atomic mass is 10.1. The van der Waals surface area contributed by atoms with Gasteiger partial charge >= 0.3 is 11.9 Å². The molecule has 0 aliphatic rings. The number of ether oxygens (including phenoxy) is 8. The number of rotatable bonds is 83. The zero-order valence-corrected chi connectivity index (χ0v) is 73.9. The minimum atomic E-state index is -1.07. The van der Waals surface area contributed by atoms with Gasteiger partial charge in [0.2, 0.25) is 11.5 Å². The van der Waals surface area contributed by atoms with Crippen LogP contribution in [0, 0.1) is 0 Å². The Morgan fingerprint density at radius 3 is 0.591 bits per heavy atom. The summed E-state index contributed by atoms with van der Waals surface area (Å²) >= 11 is 0. The van der Waals surface area contributed by atoms with Gasteiger partial charge in [0.25, 0.3) is 11.8 Å². The fraction of sp³-hybridized carbons (Fsp3) is 0.830. The molecule has 638 valence electrons. The highest BCUT2D eigenvalue weighted by Crippen LogP contribution is 2.42. The predicted molar refractivity (Wildman–Crippen MR) is 468 cm³/mol. The van der Waals surface area contributed by atoms with Gasteiger partial charge in [-0.3, -0.25) is 9.59 Å². The van der Waals surface area contributed by atoms with Crippen molar-refractivity contribution in [3.8, 4) is 34.5 Å². The Bertz CT molecular complexity index is 2210. The minimum Gasteiger partial charge on any atom is -0.490 e. The van der Waals surface area contributed by atoms with Crippen molar-refractivity contribution in [1.82, 2.24) is 10.6 Å². The number of benzene rings is 2. The third-order valence-corrected chi connectivity index (χ3v) is 23.6. The molecular weight excluding hydrogens is 1410 g/mol. The van der Waals surface area contributed by atoms with Gasteiger partial charge in [0.15, 0.2) is 23.0 Å². The molecule has 0 heterocycles. The molecule has 14 nitrogen and oxygen atoms in total. The zero-order valence-electron chi connectivity index (χ0n) is 72.3. The van der Waals surface area contributed by atoms with E-state index in [4.69, 9.17) is 37.9 Å². The van der Waals surface area contributed by atoms with E-state index in [0.717, 1.165) is 103 Å². The van der Waals surface area contributed by atoms with Crippen molar-refractivity contribution in [2.75, 3.05) is 65.4 Å². The highest BCUT2D eigenvalue weighted by atomic mass is 33.1. The van der Waals surface area contributed by atoms with Crippen molar-refractivity contribution < 1.29 is 57.1 Å². The molecule has 2 aromatic rings. The molecule has 16 heteroatoms. The second-order valence-corrected chi connectivity index (χ2v) is 34.0. The van der Waals surface area contributed by atoms with Crippen molar-refractivity contribution in [1.29, 1.82) is 0 Å². The van der Waals surface area contributed by atoms with E-state index in [9.17, 15) is 19.2 Å². The van der Waals surface area contributed by atoms with E-state index in [2.05, 4.69) is 52.2 Å². The van der Waals surface area contributed by atoms with Gasteiger partial charge in [-0.05, 0) is 62.8 Å². The van der Waals surface area contributed by atoms with Crippen LogP contribution in [0.2, 0.25) is 0 Å². The lowest BCUT2D eigenvalue weighted by Gasteiger charge is -2.21. The summed E-state index contributed by atoms with van der Waals surface area (Å²) < 4.78 is 50.5. The highest BCUT2D eigenvalue weighted by Gasteiger charge is 2.29. The molecule has 2 amide bonds. The lowest BCUT2D eigenvalue weighted by molar-refractivity contribution is -0.143. The monoisotopic (exact) mass is 1580 g/mol. The lowest BCUT2D eigenvalue weighted by Crippen LogP contribution is -2.44. The van der Waals surface area contributed by atoms with Gasteiger partial charge in [-0.1, -0.05) is 410 Å². The van der Waals surface area contributed by atoms with E-state index in [1.165, 1.54) is 318 Å². The van der Waals surface area contributed by atoms with Gasteiger partial charge < -0.3 is 48.5 Å². The second kappa shape index (κ2) is 76.1. The third-order valence-electron chi connectivity index (χ3n) is 21.2. The Morgan fingerprint density at radius 2 is 0.418 bits per heavy atom. The van der Waals surface area contributed by atoms with Gasteiger partial charge in [-0.25, -0.2) is 9.59 Å². The number of carbonyl (C=O) groups excluding carboxylic acids is 4. The fourth-order valence-corrected chi connectivity index (χ4v) is 16.4. The van der Waals surface area contributed by atoms with Crippen LogP contribution in [0.4, 0.5) is 0 Å². The van der Waals surface area contributed by atoms with Crippen LogP contribution in [0.3, 0.4) is 0 Å². The van der Waals surface area contributed by atoms with E-state index in [-0.39, 0.29) is 22.6 Å². The average Bonchev–Trinajstić information content (AvgIpc) is 0.818. The van der Waals surface area contributed by atoms with Crippen LogP contribution in [0.15, 0.2) is 24.3 Å². The molecule has 0 saturated heterocycles. The van der Waals surface area contributed by atoms with Gasteiger partial charge in [0, 0.05) is 22.6 Å². The summed E-state index contributed by atoms with van der Waals surface area (Å²) in [4.78, 5) is 56.8. The standard InChI is InChI=1S/C94H168N2O12S2/c1-9-15-21-27-33-39-45-51-57-63-69-103-85-75-81(76-86(104-70-64-58-52-46-40-34-28-22-16-10-2)89(85)107-73-67-61-55-49-43-37-31-25-19-13-5)91(97)95-83(93(99)101-7)79-109-110-80-84(94(100)102-8)96-92(98)82-77-87(105-71-65-59-53-47-41-35-29-23-17-11-3)90(108-74-68-62-56-50-44-38-32-26-20-14-6)88(78-82)106-72-66-60-54-48-42-36-30-24-18-12-4/h75-78,83-84H,9-74,79-80H2,1-8H3,(H,95,97)(H,96,98). The van der Waals surface area contributed by atoms with Gasteiger partial charge in [0.1, 0.15) is 12.1 Å². The summed E-state index contributed by atoms with van der Waals surface area (Å²) in [5, 5.41) is 5.95. The molecule has 2 atom stereocenters. The molecule has 2 unspecified atom stereocenters. The number of unbranched alkanes of at least 4 members (excludes halogenated alkanes) is 54. The van der Waals surface area contributed by atoms with Crippen molar-refractivity contribution in [2.45, 2.75) is 439 Å².